The zero-order valence-electron chi connectivity index (χ0n) is 7.26. The molecule has 0 aliphatic carbocycles. The van der Waals surface area contributed by atoms with Crippen molar-refractivity contribution in [2.75, 3.05) is 7.05 Å². The van der Waals surface area contributed by atoms with Crippen LogP contribution in [0.2, 0.25) is 0 Å². The summed E-state index contributed by atoms with van der Waals surface area (Å²) in [5, 5.41) is 8.56. The van der Waals surface area contributed by atoms with Crippen molar-refractivity contribution in [3.63, 3.8) is 0 Å². The number of hydrogen-bond donors (Lipinski definition) is 0. The first-order chi connectivity index (χ1) is 4.63. The van der Waals surface area contributed by atoms with Crippen molar-refractivity contribution >= 4 is 0 Å². The van der Waals surface area contributed by atoms with Crippen LogP contribution >= 0.6 is 0 Å². The van der Waals surface area contributed by atoms with Gasteiger partial charge in [-0.15, -0.1) is 0 Å². The molecular weight excluding hydrogens is 124 g/mol. The van der Waals surface area contributed by atoms with E-state index in [0.29, 0.717) is 6.04 Å². The van der Waals surface area contributed by atoms with Crippen LogP contribution < -0.4 is 0 Å². The second-order valence-corrected chi connectivity index (χ2v) is 2.73. The number of hydrogen-bond acceptors (Lipinski definition) is 2. The van der Waals surface area contributed by atoms with Crippen LogP contribution in [-0.4, -0.2) is 24.0 Å². The van der Waals surface area contributed by atoms with Gasteiger partial charge in [0.2, 0.25) is 0 Å². The number of nitriles is 1. The van der Waals surface area contributed by atoms with Crippen molar-refractivity contribution in [3.8, 4) is 6.07 Å². The lowest BCUT2D eigenvalue weighted by Gasteiger charge is -2.25. The maximum Gasteiger partial charge on any atom is 0.0949 e. The van der Waals surface area contributed by atoms with Crippen LogP contribution in [0.15, 0.2) is 0 Å². The normalized spacial score (nSPS) is 16.4. The molecule has 0 aliphatic rings. The highest BCUT2D eigenvalue weighted by atomic mass is 15.1. The highest BCUT2D eigenvalue weighted by Crippen LogP contribution is 2.03. The molecule has 10 heavy (non-hydrogen) atoms. The van der Waals surface area contributed by atoms with Crippen molar-refractivity contribution in [1.29, 1.82) is 5.26 Å². The van der Waals surface area contributed by atoms with Crippen molar-refractivity contribution in [2.45, 2.75) is 39.3 Å². The van der Waals surface area contributed by atoms with E-state index in [1.807, 2.05) is 14.0 Å². The van der Waals surface area contributed by atoms with E-state index in [9.17, 15) is 0 Å². The smallest absolute Gasteiger partial charge is 0.0949 e. The fourth-order valence-electron chi connectivity index (χ4n) is 0.761. The molecule has 0 aromatic carbocycles. The molecular formula is C8H16N2. The summed E-state index contributed by atoms with van der Waals surface area (Å²) < 4.78 is 0. The molecule has 0 saturated heterocycles. The first kappa shape index (κ1) is 9.45. The van der Waals surface area contributed by atoms with Crippen LogP contribution in [0.1, 0.15) is 27.2 Å². The van der Waals surface area contributed by atoms with Gasteiger partial charge in [0.05, 0.1) is 12.1 Å². The largest absolute Gasteiger partial charge is 0.289 e. The molecule has 2 nitrogen and oxygen atoms in total. The Morgan fingerprint density at radius 1 is 1.50 bits per heavy atom. The minimum absolute atomic E-state index is 0.0370. The summed E-state index contributed by atoms with van der Waals surface area (Å²) in [6, 6.07) is 2.75. The van der Waals surface area contributed by atoms with E-state index < -0.39 is 0 Å². The zero-order chi connectivity index (χ0) is 8.15. The lowest BCUT2D eigenvalue weighted by molar-refractivity contribution is 0.226. The second-order valence-electron chi connectivity index (χ2n) is 2.73. The molecule has 0 aliphatic heterocycles. The third kappa shape index (κ3) is 2.36. The summed E-state index contributed by atoms with van der Waals surface area (Å²) in [5.74, 6) is 0. The molecule has 2 atom stereocenters. The van der Waals surface area contributed by atoms with Crippen molar-refractivity contribution in [1.82, 2.24) is 4.90 Å². The van der Waals surface area contributed by atoms with Crippen molar-refractivity contribution in [3.05, 3.63) is 0 Å². The molecule has 0 fully saturated rings. The maximum atomic E-state index is 8.56. The van der Waals surface area contributed by atoms with E-state index >= 15 is 0 Å². The summed E-state index contributed by atoms with van der Waals surface area (Å²) >= 11 is 0. The van der Waals surface area contributed by atoms with E-state index in [0.717, 1.165) is 6.42 Å². The summed E-state index contributed by atoms with van der Waals surface area (Å²) in [6.45, 7) is 6.19. The van der Waals surface area contributed by atoms with Gasteiger partial charge in [-0.2, -0.15) is 5.26 Å². The molecule has 1 unspecified atom stereocenters. The molecule has 0 aromatic heterocycles. The Labute approximate surface area is 63.4 Å². The molecule has 0 rings (SSSR count). The van der Waals surface area contributed by atoms with Crippen molar-refractivity contribution < 1.29 is 0 Å². The molecule has 58 valence electrons. The van der Waals surface area contributed by atoms with Gasteiger partial charge in [-0.1, -0.05) is 6.92 Å². The summed E-state index contributed by atoms with van der Waals surface area (Å²) in [5.41, 5.74) is 0. The van der Waals surface area contributed by atoms with E-state index in [1.165, 1.54) is 0 Å². The Morgan fingerprint density at radius 2 is 2.00 bits per heavy atom. The molecule has 0 amide bonds. The third-order valence-electron chi connectivity index (χ3n) is 2.08. The highest BCUT2D eigenvalue weighted by Gasteiger charge is 2.12. The van der Waals surface area contributed by atoms with Gasteiger partial charge in [0.25, 0.3) is 0 Å². The average Bonchev–Trinajstić information content (AvgIpc) is 2.00. The maximum absolute atomic E-state index is 8.56. The molecule has 0 radical (unpaired) electrons. The predicted molar refractivity (Wildman–Crippen MR) is 42.6 cm³/mol. The minimum atomic E-state index is 0.0370. The molecule has 0 saturated carbocycles. The summed E-state index contributed by atoms with van der Waals surface area (Å²) in [6.07, 6.45) is 1.10. The number of rotatable bonds is 3. The van der Waals surface area contributed by atoms with E-state index in [1.54, 1.807) is 0 Å². The monoisotopic (exact) mass is 140 g/mol. The highest BCUT2D eigenvalue weighted by molar-refractivity contribution is 4.88. The van der Waals surface area contributed by atoms with E-state index in [-0.39, 0.29) is 6.04 Å². The molecule has 2 heteroatoms. The zero-order valence-corrected chi connectivity index (χ0v) is 7.26. The van der Waals surface area contributed by atoms with Gasteiger partial charge in [-0.25, -0.2) is 0 Å². The van der Waals surface area contributed by atoms with Crippen LogP contribution in [0.25, 0.3) is 0 Å². The van der Waals surface area contributed by atoms with E-state index in [4.69, 9.17) is 5.26 Å². The SMILES string of the molecule is CC[C@H](C)N(C)C(C)C#N. The topological polar surface area (TPSA) is 27.0 Å². The van der Waals surface area contributed by atoms with Crippen LogP contribution in [0.5, 0.6) is 0 Å². The van der Waals surface area contributed by atoms with Crippen LogP contribution in [0.3, 0.4) is 0 Å². The standard InChI is InChI=1S/C8H16N2/c1-5-7(2)10(4)8(3)6-9/h7-8H,5H2,1-4H3/t7-,8?/m0/s1. The van der Waals surface area contributed by atoms with Gasteiger partial charge >= 0.3 is 0 Å². The van der Waals surface area contributed by atoms with Crippen LogP contribution in [-0.2, 0) is 0 Å². The Bertz CT molecular complexity index is 126. The quantitative estimate of drug-likeness (QED) is 0.595. The number of nitrogens with zero attached hydrogens (tertiary/aromatic N) is 2. The Balaban J connectivity index is 3.84. The lowest BCUT2D eigenvalue weighted by atomic mass is 10.2. The van der Waals surface area contributed by atoms with Crippen molar-refractivity contribution in [2.24, 2.45) is 0 Å². The van der Waals surface area contributed by atoms with Gasteiger partial charge in [-0.05, 0) is 27.3 Å². The summed E-state index contributed by atoms with van der Waals surface area (Å²) in [4.78, 5) is 2.08. The van der Waals surface area contributed by atoms with Crippen LogP contribution in [0.4, 0.5) is 0 Å². The Morgan fingerprint density at radius 3 is 2.30 bits per heavy atom. The molecule has 0 N–H and O–H groups in total. The predicted octanol–water partition coefficient (Wildman–Crippen LogP) is 1.63. The fraction of sp³-hybridized carbons (Fsp3) is 0.875. The molecule has 0 bridgehead atoms. The van der Waals surface area contributed by atoms with Gasteiger partial charge in [0.15, 0.2) is 0 Å². The molecule has 0 spiro atoms. The third-order valence-corrected chi connectivity index (χ3v) is 2.08. The van der Waals surface area contributed by atoms with Gasteiger partial charge in [-0.3, -0.25) is 4.90 Å². The van der Waals surface area contributed by atoms with Crippen LogP contribution in [0, 0.1) is 11.3 Å². The first-order valence-electron chi connectivity index (χ1n) is 3.75. The molecule has 0 heterocycles. The second kappa shape index (κ2) is 4.29. The van der Waals surface area contributed by atoms with Gasteiger partial charge < -0.3 is 0 Å². The van der Waals surface area contributed by atoms with Gasteiger partial charge in [0, 0.05) is 6.04 Å². The average molecular weight is 140 g/mol. The molecule has 0 aromatic rings. The fourth-order valence-corrected chi connectivity index (χ4v) is 0.761. The minimum Gasteiger partial charge on any atom is -0.289 e. The first-order valence-corrected chi connectivity index (χ1v) is 3.75. The Kier molecular flexibility index (Phi) is 4.06. The van der Waals surface area contributed by atoms with E-state index in [2.05, 4.69) is 24.8 Å². The van der Waals surface area contributed by atoms with Gasteiger partial charge in [0.1, 0.15) is 0 Å². The lowest BCUT2D eigenvalue weighted by Crippen LogP contribution is -2.35. The Hall–Kier alpha value is -0.550. The summed E-state index contributed by atoms with van der Waals surface area (Å²) in [7, 11) is 1.99.